The monoisotopic (exact) mass is 223 g/mol. The Kier molecular flexibility index (Phi) is 2.83. The van der Waals surface area contributed by atoms with Crippen molar-refractivity contribution in [1.29, 1.82) is 0 Å². The molecule has 1 aromatic rings. The molecule has 0 radical (unpaired) electrons. The number of aromatic nitrogens is 1. The third-order valence-electron chi connectivity index (χ3n) is 2.52. The van der Waals surface area contributed by atoms with E-state index in [1.165, 1.54) is 0 Å². The highest BCUT2D eigenvalue weighted by atomic mass is 32.1. The summed E-state index contributed by atoms with van der Waals surface area (Å²) in [6.45, 7) is 1.40. The molecule has 4 nitrogen and oxygen atoms in total. The van der Waals surface area contributed by atoms with Gasteiger partial charge in [-0.1, -0.05) is 12.2 Å². The van der Waals surface area contributed by atoms with E-state index in [9.17, 15) is 5.11 Å². The van der Waals surface area contributed by atoms with Crippen LogP contribution in [0.5, 0.6) is 0 Å². The van der Waals surface area contributed by atoms with Gasteiger partial charge in [0.05, 0.1) is 11.7 Å². The van der Waals surface area contributed by atoms with Crippen molar-refractivity contribution in [2.75, 3.05) is 18.0 Å². The molecule has 5 heteroatoms. The van der Waals surface area contributed by atoms with Gasteiger partial charge in [0, 0.05) is 19.3 Å². The highest BCUT2D eigenvalue weighted by Gasteiger charge is 2.23. The molecule has 1 atom stereocenters. The van der Waals surface area contributed by atoms with Crippen molar-refractivity contribution in [3.63, 3.8) is 0 Å². The van der Waals surface area contributed by atoms with Gasteiger partial charge in [0.15, 0.2) is 0 Å². The van der Waals surface area contributed by atoms with Crippen molar-refractivity contribution in [2.24, 2.45) is 5.73 Å². The fourth-order valence-electron chi connectivity index (χ4n) is 1.78. The minimum atomic E-state index is -0.272. The highest BCUT2D eigenvalue weighted by Crippen LogP contribution is 2.21. The zero-order valence-electron chi connectivity index (χ0n) is 8.26. The Labute approximate surface area is 93.7 Å². The van der Waals surface area contributed by atoms with Crippen molar-refractivity contribution >= 4 is 23.0 Å². The Hall–Kier alpha value is -1.20. The normalized spacial score (nSPS) is 20.6. The Bertz CT molecular complexity index is 383. The predicted octanol–water partition coefficient (Wildman–Crippen LogP) is 0.287. The van der Waals surface area contributed by atoms with Crippen LogP contribution in [0.3, 0.4) is 0 Å². The molecule has 0 aliphatic carbocycles. The van der Waals surface area contributed by atoms with Crippen LogP contribution in [0.4, 0.5) is 5.82 Å². The first kappa shape index (κ1) is 10.3. The fourth-order valence-corrected chi connectivity index (χ4v) is 1.93. The van der Waals surface area contributed by atoms with Gasteiger partial charge in [-0.05, 0) is 18.6 Å². The second kappa shape index (κ2) is 4.12. The average molecular weight is 223 g/mol. The molecule has 1 unspecified atom stereocenters. The van der Waals surface area contributed by atoms with E-state index in [0.717, 1.165) is 24.3 Å². The smallest absolute Gasteiger partial charge is 0.138 e. The Morgan fingerprint density at radius 3 is 3.07 bits per heavy atom. The van der Waals surface area contributed by atoms with Crippen LogP contribution in [-0.4, -0.2) is 34.3 Å². The molecule has 1 aliphatic heterocycles. The standard InChI is InChI=1S/C10H13N3OS/c11-9(15)8-2-1-4-12-10(8)13-5-3-7(14)6-13/h1-2,4,7,14H,3,5-6H2,(H2,11,15). The zero-order valence-corrected chi connectivity index (χ0v) is 9.07. The molecule has 0 aromatic carbocycles. The molecule has 2 rings (SSSR count). The summed E-state index contributed by atoms with van der Waals surface area (Å²) in [5, 5.41) is 9.46. The summed E-state index contributed by atoms with van der Waals surface area (Å²) in [5.74, 6) is 0.779. The van der Waals surface area contributed by atoms with Crippen LogP contribution in [0.1, 0.15) is 12.0 Å². The highest BCUT2D eigenvalue weighted by molar-refractivity contribution is 7.80. The molecule has 0 spiro atoms. The van der Waals surface area contributed by atoms with Crippen molar-refractivity contribution < 1.29 is 5.11 Å². The van der Waals surface area contributed by atoms with Gasteiger partial charge in [-0.15, -0.1) is 0 Å². The molecule has 1 aromatic heterocycles. The number of rotatable bonds is 2. The third kappa shape index (κ3) is 2.08. The largest absolute Gasteiger partial charge is 0.391 e. The van der Waals surface area contributed by atoms with E-state index in [1.54, 1.807) is 6.20 Å². The van der Waals surface area contributed by atoms with Crippen molar-refractivity contribution in [1.82, 2.24) is 4.98 Å². The fraction of sp³-hybridized carbons (Fsp3) is 0.400. The maximum Gasteiger partial charge on any atom is 0.138 e. The number of pyridine rings is 1. The molecule has 1 aliphatic rings. The molecule has 1 fully saturated rings. The summed E-state index contributed by atoms with van der Waals surface area (Å²) >= 11 is 4.96. The number of nitrogens with two attached hydrogens (primary N) is 1. The number of hydrogen-bond donors (Lipinski definition) is 2. The molecule has 80 valence electrons. The summed E-state index contributed by atoms with van der Waals surface area (Å²) in [6, 6.07) is 3.67. The number of hydrogen-bond acceptors (Lipinski definition) is 4. The predicted molar refractivity (Wildman–Crippen MR) is 63.0 cm³/mol. The number of thiocarbonyl (C=S) groups is 1. The van der Waals surface area contributed by atoms with E-state index in [0.29, 0.717) is 11.5 Å². The molecule has 3 N–H and O–H groups in total. The van der Waals surface area contributed by atoms with Crippen LogP contribution in [0.2, 0.25) is 0 Å². The minimum Gasteiger partial charge on any atom is -0.391 e. The van der Waals surface area contributed by atoms with Gasteiger partial charge in [-0.2, -0.15) is 0 Å². The van der Waals surface area contributed by atoms with Crippen molar-refractivity contribution in [3.8, 4) is 0 Å². The summed E-state index contributed by atoms with van der Waals surface area (Å²) in [4.78, 5) is 6.62. The number of aliphatic hydroxyl groups is 1. The second-order valence-corrected chi connectivity index (χ2v) is 4.07. The van der Waals surface area contributed by atoms with Gasteiger partial charge in [-0.25, -0.2) is 4.98 Å². The summed E-state index contributed by atoms with van der Waals surface area (Å²) in [5.41, 5.74) is 6.40. The Morgan fingerprint density at radius 2 is 2.47 bits per heavy atom. The first-order valence-electron chi connectivity index (χ1n) is 4.86. The van der Waals surface area contributed by atoms with Gasteiger partial charge in [0.2, 0.25) is 0 Å². The molecule has 1 saturated heterocycles. The van der Waals surface area contributed by atoms with E-state index >= 15 is 0 Å². The zero-order chi connectivity index (χ0) is 10.8. The molecular formula is C10H13N3OS. The second-order valence-electron chi connectivity index (χ2n) is 3.63. The van der Waals surface area contributed by atoms with Crippen LogP contribution in [0.25, 0.3) is 0 Å². The van der Waals surface area contributed by atoms with E-state index in [2.05, 4.69) is 4.98 Å². The topological polar surface area (TPSA) is 62.4 Å². The van der Waals surface area contributed by atoms with Crippen molar-refractivity contribution in [2.45, 2.75) is 12.5 Å². The number of anilines is 1. The maximum atomic E-state index is 9.46. The summed E-state index contributed by atoms with van der Waals surface area (Å²) in [7, 11) is 0. The number of aliphatic hydroxyl groups excluding tert-OH is 1. The van der Waals surface area contributed by atoms with E-state index in [-0.39, 0.29) is 6.10 Å². The summed E-state index contributed by atoms with van der Waals surface area (Å²) in [6.07, 6.45) is 2.21. The molecule has 2 heterocycles. The molecular weight excluding hydrogens is 210 g/mol. The number of β-amino-alcohol motifs (C(OH)–C–C–N with tert-alkyl or cyclic N) is 1. The quantitative estimate of drug-likeness (QED) is 0.705. The first-order chi connectivity index (χ1) is 7.18. The van der Waals surface area contributed by atoms with Gasteiger partial charge in [0.25, 0.3) is 0 Å². The summed E-state index contributed by atoms with van der Waals surface area (Å²) < 4.78 is 0. The van der Waals surface area contributed by atoms with Crippen molar-refractivity contribution in [3.05, 3.63) is 23.9 Å². The Balaban J connectivity index is 2.31. The lowest BCUT2D eigenvalue weighted by Crippen LogP contribution is -2.25. The van der Waals surface area contributed by atoms with E-state index < -0.39 is 0 Å². The SMILES string of the molecule is NC(=S)c1cccnc1N1CCC(O)C1. The van der Waals surface area contributed by atoms with Crippen LogP contribution < -0.4 is 10.6 Å². The minimum absolute atomic E-state index is 0.272. The lowest BCUT2D eigenvalue weighted by molar-refractivity contribution is 0.198. The van der Waals surface area contributed by atoms with Crippen LogP contribution >= 0.6 is 12.2 Å². The third-order valence-corrected chi connectivity index (χ3v) is 2.73. The molecule has 0 saturated carbocycles. The van der Waals surface area contributed by atoms with Gasteiger partial charge in [-0.3, -0.25) is 0 Å². The van der Waals surface area contributed by atoms with Crippen LogP contribution in [-0.2, 0) is 0 Å². The van der Waals surface area contributed by atoms with Gasteiger partial charge < -0.3 is 15.7 Å². The maximum absolute atomic E-state index is 9.46. The lowest BCUT2D eigenvalue weighted by atomic mass is 10.2. The number of nitrogens with zero attached hydrogens (tertiary/aromatic N) is 2. The van der Waals surface area contributed by atoms with Crippen LogP contribution in [0.15, 0.2) is 18.3 Å². The Morgan fingerprint density at radius 1 is 1.67 bits per heavy atom. The lowest BCUT2D eigenvalue weighted by Gasteiger charge is -2.19. The molecule has 0 bridgehead atoms. The van der Waals surface area contributed by atoms with Gasteiger partial charge in [0.1, 0.15) is 10.8 Å². The van der Waals surface area contributed by atoms with Crippen LogP contribution in [0, 0.1) is 0 Å². The van der Waals surface area contributed by atoms with E-state index in [1.807, 2.05) is 17.0 Å². The molecule has 0 amide bonds. The van der Waals surface area contributed by atoms with E-state index in [4.69, 9.17) is 18.0 Å². The average Bonchev–Trinajstić information content (AvgIpc) is 2.65. The molecule has 15 heavy (non-hydrogen) atoms. The first-order valence-corrected chi connectivity index (χ1v) is 5.27. The van der Waals surface area contributed by atoms with Gasteiger partial charge >= 0.3 is 0 Å².